The number of amides is 2. The third-order valence-electron chi connectivity index (χ3n) is 2.51. The molecule has 0 spiro atoms. The second-order valence-electron chi connectivity index (χ2n) is 4.20. The lowest BCUT2D eigenvalue weighted by atomic mass is 10.2. The quantitative estimate of drug-likeness (QED) is 0.336. The monoisotopic (exact) mass is 307 g/mol. The number of carbonyl (C=O) groups is 3. The first-order valence-electron chi connectivity index (χ1n) is 6.02. The molecule has 0 heterocycles. The normalized spacial score (nSPS) is 15.0. The van der Waals surface area contributed by atoms with Crippen LogP contribution in [-0.4, -0.2) is 64.7 Å². The first-order valence-corrected chi connectivity index (χ1v) is 7.41. The van der Waals surface area contributed by atoms with Crippen molar-refractivity contribution >= 4 is 29.5 Å². The summed E-state index contributed by atoms with van der Waals surface area (Å²) in [7, 11) is 0. The average molecular weight is 307 g/mol. The van der Waals surface area contributed by atoms with Crippen LogP contribution in [0.3, 0.4) is 0 Å². The Labute approximate surface area is 121 Å². The van der Waals surface area contributed by atoms with Crippen LogP contribution in [0, 0.1) is 0 Å². The zero-order valence-corrected chi connectivity index (χ0v) is 12.3. The van der Waals surface area contributed by atoms with Crippen LogP contribution in [-0.2, 0) is 14.4 Å². The number of aliphatic hydroxyl groups excluding tert-OH is 1. The van der Waals surface area contributed by atoms with E-state index in [1.54, 1.807) is 0 Å². The Hall–Kier alpha value is -1.32. The fourth-order valence-corrected chi connectivity index (χ4v) is 1.73. The van der Waals surface area contributed by atoms with Crippen LogP contribution in [0.5, 0.6) is 0 Å². The molecule has 2 amide bonds. The van der Waals surface area contributed by atoms with E-state index in [2.05, 4.69) is 10.6 Å². The number of carboxylic acids is 1. The number of aliphatic hydroxyl groups is 1. The minimum Gasteiger partial charge on any atom is -0.480 e. The molecule has 0 aliphatic heterocycles. The maximum atomic E-state index is 11.8. The van der Waals surface area contributed by atoms with Gasteiger partial charge in [0.2, 0.25) is 11.8 Å². The minimum absolute atomic E-state index is 0.291. The van der Waals surface area contributed by atoms with Gasteiger partial charge in [0.05, 0.1) is 6.61 Å². The van der Waals surface area contributed by atoms with Crippen molar-refractivity contribution < 1.29 is 24.6 Å². The Morgan fingerprint density at radius 3 is 2.30 bits per heavy atom. The zero-order chi connectivity index (χ0) is 15.7. The molecule has 3 atom stereocenters. The van der Waals surface area contributed by atoms with E-state index >= 15 is 0 Å². The molecule has 0 aliphatic carbocycles. The van der Waals surface area contributed by atoms with Crippen molar-refractivity contribution in [3.63, 3.8) is 0 Å². The predicted molar refractivity (Wildman–Crippen MR) is 75.2 cm³/mol. The number of rotatable bonds is 9. The summed E-state index contributed by atoms with van der Waals surface area (Å²) in [5.41, 5.74) is 5.29. The smallest absolute Gasteiger partial charge is 0.326 e. The predicted octanol–water partition coefficient (Wildman–Crippen LogP) is -1.87. The highest BCUT2D eigenvalue weighted by Gasteiger charge is 2.24. The molecule has 0 aromatic heterocycles. The summed E-state index contributed by atoms with van der Waals surface area (Å²) in [4.78, 5) is 34.1. The molecule has 0 rings (SSSR count). The van der Waals surface area contributed by atoms with Crippen molar-refractivity contribution in [3.8, 4) is 0 Å². The van der Waals surface area contributed by atoms with Gasteiger partial charge in [0.25, 0.3) is 0 Å². The van der Waals surface area contributed by atoms with E-state index in [9.17, 15) is 14.4 Å². The number of aliphatic carboxylic acids is 1. The summed E-state index contributed by atoms with van der Waals surface area (Å²) in [6, 6.07) is -3.05. The summed E-state index contributed by atoms with van der Waals surface area (Å²) < 4.78 is 0. The number of hydrogen-bond donors (Lipinski definition) is 5. The lowest BCUT2D eigenvalue weighted by Gasteiger charge is -2.19. The highest BCUT2D eigenvalue weighted by Crippen LogP contribution is 2.01. The molecule has 6 N–H and O–H groups in total. The van der Waals surface area contributed by atoms with E-state index < -0.39 is 42.5 Å². The summed E-state index contributed by atoms with van der Waals surface area (Å²) in [6.45, 7) is 0.871. The SMILES string of the molecule is CSCCC(NC(=O)C(C)NC(=O)C(N)CO)C(=O)O. The number of nitrogens with one attached hydrogen (secondary N) is 2. The van der Waals surface area contributed by atoms with Crippen LogP contribution in [0.4, 0.5) is 0 Å². The Morgan fingerprint density at radius 2 is 1.85 bits per heavy atom. The van der Waals surface area contributed by atoms with E-state index in [1.165, 1.54) is 18.7 Å². The Morgan fingerprint density at radius 1 is 1.25 bits per heavy atom. The largest absolute Gasteiger partial charge is 0.480 e. The van der Waals surface area contributed by atoms with Crippen molar-refractivity contribution in [1.29, 1.82) is 0 Å². The molecule has 8 nitrogen and oxygen atoms in total. The van der Waals surface area contributed by atoms with Crippen LogP contribution >= 0.6 is 11.8 Å². The number of carboxylic acid groups (broad SMARTS) is 1. The van der Waals surface area contributed by atoms with Gasteiger partial charge in [-0.15, -0.1) is 0 Å². The van der Waals surface area contributed by atoms with Gasteiger partial charge in [-0.3, -0.25) is 9.59 Å². The Kier molecular flexibility index (Phi) is 8.93. The van der Waals surface area contributed by atoms with Gasteiger partial charge in [0.15, 0.2) is 0 Å². The second kappa shape index (κ2) is 9.56. The molecule has 0 saturated heterocycles. The van der Waals surface area contributed by atoms with Crippen LogP contribution in [0.2, 0.25) is 0 Å². The first-order chi connectivity index (χ1) is 9.33. The highest BCUT2D eigenvalue weighted by atomic mass is 32.2. The molecule has 0 aliphatic rings. The fourth-order valence-electron chi connectivity index (χ4n) is 1.26. The number of thioether (sulfide) groups is 1. The molecule has 116 valence electrons. The third kappa shape index (κ3) is 6.73. The van der Waals surface area contributed by atoms with Crippen LogP contribution < -0.4 is 16.4 Å². The van der Waals surface area contributed by atoms with Gasteiger partial charge in [-0.05, 0) is 25.4 Å². The molecular weight excluding hydrogens is 286 g/mol. The van der Waals surface area contributed by atoms with Crippen LogP contribution in [0.1, 0.15) is 13.3 Å². The van der Waals surface area contributed by atoms with Gasteiger partial charge in [-0.25, -0.2) is 4.79 Å². The molecule has 0 fully saturated rings. The molecule has 0 saturated carbocycles. The van der Waals surface area contributed by atoms with Crippen molar-refractivity contribution in [3.05, 3.63) is 0 Å². The first kappa shape index (κ1) is 18.7. The molecule has 0 aromatic rings. The lowest BCUT2D eigenvalue weighted by molar-refractivity contribution is -0.142. The minimum atomic E-state index is -1.13. The number of nitrogens with two attached hydrogens (primary N) is 1. The topological polar surface area (TPSA) is 142 Å². The van der Waals surface area contributed by atoms with Gasteiger partial charge in [-0.1, -0.05) is 0 Å². The maximum Gasteiger partial charge on any atom is 0.326 e. The fraction of sp³-hybridized carbons (Fsp3) is 0.727. The van der Waals surface area contributed by atoms with Crippen LogP contribution in [0.15, 0.2) is 0 Å². The molecule has 9 heteroatoms. The van der Waals surface area contributed by atoms with Gasteiger partial charge in [0, 0.05) is 0 Å². The third-order valence-corrected chi connectivity index (χ3v) is 3.15. The lowest BCUT2D eigenvalue weighted by Crippen LogP contribution is -2.54. The summed E-state index contributed by atoms with van der Waals surface area (Å²) in [5.74, 6) is -1.82. The Bertz CT molecular complexity index is 353. The van der Waals surface area contributed by atoms with Gasteiger partial charge in [0.1, 0.15) is 18.1 Å². The van der Waals surface area contributed by atoms with E-state index in [0.29, 0.717) is 12.2 Å². The molecule has 0 bridgehead atoms. The second-order valence-corrected chi connectivity index (χ2v) is 5.19. The zero-order valence-electron chi connectivity index (χ0n) is 11.5. The summed E-state index contributed by atoms with van der Waals surface area (Å²) in [6.07, 6.45) is 2.12. The van der Waals surface area contributed by atoms with Crippen molar-refractivity contribution in [2.75, 3.05) is 18.6 Å². The molecule has 0 aromatic carbocycles. The van der Waals surface area contributed by atoms with Crippen molar-refractivity contribution in [2.45, 2.75) is 31.5 Å². The summed E-state index contributed by atoms with van der Waals surface area (Å²) >= 11 is 1.47. The van der Waals surface area contributed by atoms with Crippen molar-refractivity contribution in [2.24, 2.45) is 5.73 Å². The summed E-state index contributed by atoms with van der Waals surface area (Å²) in [5, 5.41) is 22.3. The maximum absolute atomic E-state index is 11.8. The van der Waals surface area contributed by atoms with E-state index in [-0.39, 0.29) is 0 Å². The molecule has 20 heavy (non-hydrogen) atoms. The average Bonchev–Trinajstić information content (AvgIpc) is 2.41. The standard InChI is InChI=1S/C11H21N3O5S/c1-6(13-10(17)7(12)5-15)9(16)14-8(11(18)19)3-4-20-2/h6-8,15H,3-5,12H2,1-2H3,(H,13,17)(H,14,16)(H,18,19). The van der Waals surface area contributed by atoms with Crippen molar-refractivity contribution in [1.82, 2.24) is 10.6 Å². The highest BCUT2D eigenvalue weighted by molar-refractivity contribution is 7.98. The van der Waals surface area contributed by atoms with Gasteiger partial charge >= 0.3 is 5.97 Å². The van der Waals surface area contributed by atoms with E-state index in [4.69, 9.17) is 15.9 Å². The number of hydrogen-bond acceptors (Lipinski definition) is 6. The molecule has 0 radical (unpaired) electrons. The molecule has 3 unspecified atom stereocenters. The van der Waals surface area contributed by atoms with Crippen LogP contribution in [0.25, 0.3) is 0 Å². The molecular formula is C11H21N3O5S. The number of carbonyl (C=O) groups excluding carboxylic acids is 2. The van der Waals surface area contributed by atoms with E-state index in [0.717, 1.165) is 0 Å². The van der Waals surface area contributed by atoms with Gasteiger partial charge < -0.3 is 26.6 Å². The van der Waals surface area contributed by atoms with E-state index in [1.807, 2.05) is 6.26 Å². The van der Waals surface area contributed by atoms with Gasteiger partial charge in [-0.2, -0.15) is 11.8 Å². The Balaban J connectivity index is 4.41.